The van der Waals surface area contributed by atoms with Crippen molar-refractivity contribution in [3.63, 3.8) is 0 Å². The molecule has 0 saturated carbocycles. The van der Waals surface area contributed by atoms with E-state index < -0.39 is 10.0 Å². The topological polar surface area (TPSA) is 71.1 Å². The summed E-state index contributed by atoms with van der Waals surface area (Å²) < 4.78 is 39.0. The zero-order chi connectivity index (χ0) is 19.6. The van der Waals surface area contributed by atoms with Crippen molar-refractivity contribution in [2.24, 2.45) is 0 Å². The van der Waals surface area contributed by atoms with Gasteiger partial charge in [-0.25, -0.2) is 8.42 Å². The van der Waals surface area contributed by atoms with E-state index in [1.807, 2.05) is 12.1 Å². The van der Waals surface area contributed by atoms with Gasteiger partial charge >= 0.3 is 0 Å². The molecule has 0 spiro atoms. The normalized spacial score (nSPS) is 17.4. The standard InChI is InChI=1S/C20H25N3O4S/c1-2-22-9-11-23(12-10-22)17-5-3-16(4-6-17)21-28(24,25)18-7-8-19-20(15-18)27-14-13-26-19/h3-8,15,21H,2,9-14H2,1H3. The number of benzene rings is 2. The summed E-state index contributed by atoms with van der Waals surface area (Å²) in [4.78, 5) is 4.90. The molecule has 8 heteroatoms. The van der Waals surface area contributed by atoms with Gasteiger partial charge in [0, 0.05) is 43.6 Å². The van der Waals surface area contributed by atoms with Crippen molar-refractivity contribution in [2.75, 3.05) is 55.6 Å². The zero-order valence-corrected chi connectivity index (χ0v) is 16.7. The fraction of sp³-hybridized carbons (Fsp3) is 0.400. The summed E-state index contributed by atoms with van der Waals surface area (Å²) in [5, 5.41) is 0. The van der Waals surface area contributed by atoms with E-state index in [2.05, 4.69) is 21.4 Å². The van der Waals surface area contributed by atoms with E-state index in [4.69, 9.17) is 9.47 Å². The molecular formula is C20H25N3O4S. The summed E-state index contributed by atoms with van der Waals surface area (Å²) in [6, 6.07) is 12.2. The van der Waals surface area contributed by atoms with Crippen LogP contribution in [0.4, 0.5) is 11.4 Å². The molecule has 4 rings (SSSR count). The molecule has 0 unspecified atom stereocenters. The van der Waals surface area contributed by atoms with Crippen molar-refractivity contribution in [1.29, 1.82) is 0 Å². The van der Waals surface area contributed by atoms with Gasteiger partial charge in [-0.2, -0.15) is 0 Å². The Balaban J connectivity index is 1.45. The third-order valence-corrected chi connectivity index (χ3v) is 6.51. The smallest absolute Gasteiger partial charge is 0.262 e. The summed E-state index contributed by atoms with van der Waals surface area (Å²) in [7, 11) is -3.70. The summed E-state index contributed by atoms with van der Waals surface area (Å²) in [6.07, 6.45) is 0. The number of fused-ring (bicyclic) bond motifs is 1. The fourth-order valence-electron chi connectivity index (χ4n) is 3.47. The number of piperazine rings is 1. The lowest BCUT2D eigenvalue weighted by atomic mass is 10.2. The first-order chi connectivity index (χ1) is 13.5. The largest absolute Gasteiger partial charge is 0.486 e. The van der Waals surface area contributed by atoms with Crippen LogP contribution < -0.4 is 19.1 Å². The molecule has 2 aliphatic rings. The van der Waals surface area contributed by atoms with E-state index in [0.29, 0.717) is 30.4 Å². The summed E-state index contributed by atoms with van der Waals surface area (Å²) in [6.45, 7) is 8.21. The van der Waals surface area contributed by atoms with Gasteiger partial charge in [0.15, 0.2) is 11.5 Å². The molecular weight excluding hydrogens is 378 g/mol. The van der Waals surface area contributed by atoms with Crippen molar-refractivity contribution in [2.45, 2.75) is 11.8 Å². The van der Waals surface area contributed by atoms with Crippen LogP contribution in [0.2, 0.25) is 0 Å². The van der Waals surface area contributed by atoms with Crippen LogP contribution in [0, 0.1) is 0 Å². The van der Waals surface area contributed by atoms with E-state index in [1.54, 1.807) is 18.2 Å². The van der Waals surface area contributed by atoms with Crippen LogP contribution in [0.1, 0.15) is 6.92 Å². The molecule has 0 bridgehead atoms. The second-order valence-electron chi connectivity index (χ2n) is 6.88. The highest BCUT2D eigenvalue weighted by atomic mass is 32.2. The predicted molar refractivity (Wildman–Crippen MR) is 109 cm³/mol. The van der Waals surface area contributed by atoms with Crippen LogP contribution in [0.3, 0.4) is 0 Å². The molecule has 28 heavy (non-hydrogen) atoms. The van der Waals surface area contributed by atoms with Crippen molar-refractivity contribution in [3.05, 3.63) is 42.5 Å². The van der Waals surface area contributed by atoms with Gasteiger partial charge in [0.25, 0.3) is 10.0 Å². The van der Waals surface area contributed by atoms with Crippen molar-refractivity contribution < 1.29 is 17.9 Å². The van der Waals surface area contributed by atoms with Crippen LogP contribution in [0.5, 0.6) is 11.5 Å². The highest BCUT2D eigenvalue weighted by Gasteiger charge is 2.20. The molecule has 2 aromatic rings. The van der Waals surface area contributed by atoms with E-state index >= 15 is 0 Å². The zero-order valence-electron chi connectivity index (χ0n) is 15.9. The highest BCUT2D eigenvalue weighted by Crippen LogP contribution is 2.33. The van der Waals surface area contributed by atoms with Gasteiger partial charge in [0.05, 0.1) is 4.90 Å². The second kappa shape index (κ2) is 7.89. The van der Waals surface area contributed by atoms with Crippen LogP contribution in [0.15, 0.2) is 47.4 Å². The Morgan fingerprint density at radius 3 is 2.29 bits per heavy atom. The van der Waals surface area contributed by atoms with E-state index in [0.717, 1.165) is 38.4 Å². The van der Waals surface area contributed by atoms with Gasteiger partial charge in [-0.05, 0) is 42.9 Å². The molecule has 7 nitrogen and oxygen atoms in total. The molecule has 1 N–H and O–H groups in total. The van der Waals surface area contributed by atoms with E-state index in [1.165, 1.54) is 12.1 Å². The quantitative estimate of drug-likeness (QED) is 0.827. The first kappa shape index (κ1) is 18.9. The molecule has 2 aromatic carbocycles. The number of nitrogens with zero attached hydrogens (tertiary/aromatic N) is 2. The van der Waals surface area contributed by atoms with Crippen LogP contribution >= 0.6 is 0 Å². The molecule has 0 aliphatic carbocycles. The highest BCUT2D eigenvalue weighted by molar-refractivity contribution is 7.92. The van der Waals surface area contributed by atoms with Gasteiger partial charge in [-0.1, -0.05) is 6.92 Å². The summed E-state index contributed by atoms with van der Waals surface area (Å²) >= 11 is 0. The number of likely N-dealkylation sites (N-methyl/N-ethyl adjacent to an activating group) is 1. The van der Waals surface area contributed by atoms with Crippen LogP contribution in [-0.2, 0) is 10.0 Å². The Labute approximate surface area is 165 Å². The minimum atomic E-state index is -3.70. The number of ether oxygens (including phenoxy) is 2. The Bertz CT molecular complexity index is 923. The number of rotatable bonds is 5. The molecule has 0 aromatic heterocycles. The van der Waals surface area contributed by atoms with Crippen molar-refractivity contribution >= 4 is 21.4 Å². The average molecular weight is 404 g/mol. The minimum Gasteiger partial charge on any atom is -0.486 e. The lowest BCUT2D eigenvalue weighted by Crippen LogP contribution is -2.46. The molecule has 1 saturated heterocycles. The predicted octanol–water partition coefficient (Wildman–Crippen LogP) is 2.40. The molecule has 2 heterocycles. The number of anilines is 2. The number of hydrogen-bond acceptors (Lipinski definition) is 6. The second-order valence-corrected chi connectivity index (χ2v) is 8.56. The summed E-state index contributed by atoms with van der Waals surface area (Å²) in [5.74, 6) is 1.02. The maximum atomic E-state index is 12.7. The molecule has 150 valence electrons. The molecule has 1 fully saturated rings. The SMILES string of the molecule is CCN1CCN(c2ccc(NS(=O)(=O)c3ccc4c(c3)OCCO4)cc2)CC1. The van der Waals surface area contributed by atoms with Gasteiger partial charge in [-0.15, -0.1) is 0 Å². The monoisotopic (exact) mass is 403 g/mol. The molecule has 2 aliphatic heterocycles. The summed E-state index contributed by atoms with van der Waals surface area (Å²) in [5.41, 5.74) is 1.64. The Morgan fingerprint density at radius 2 is 1.61 bits per heavy atom. The van der Waals surface area contributed by atoms with Gasteiger partial charge in [0.2, 0.25) is 0 Å². The van der Waals surface area contributed by atoms with E-state index in [9.17, 15) is 8.42 Å². The van der Waals surface area contributed by atoms with Crippen LogP contribution in [0.25, 0.3) is 0 Å². The Hall–Kier alpha value is -2.45. The third-order valence-electron chi connectivity index (χ3n) is 5.13. The molecule has 0 radical (unpaired) electrons. The first-order valence-electron chi connectivity index (χ1n) is 9.55. The Morgan fingerprint density at radius 1 is 0.929 bits per heavy atom. The maximum Gasteiger partial charge on any atom is 0.262 e. The third kappa shape index (κ3) is 4.02. The molecule has 0 atom stereocenters. The molecule has 0 amide bonds. The number of nitrogens with one attached hydrogen (secondary N) is 1. The van der Waals surface area contributed by atoms with E-state index in [-0.39, 0.29) is 4.90 Å². The first-order valence-corrected chi connectivity index (χ1v) is 11.0. The van der Waals surface area contributed by atoms with Crippen molar-refractivity contribution in [1.82, 2.24) is 4.90 Å². The Kier molecular flexibility index (Phi) is 5.32. The number of sulfonamides is 1. The lowest BCUT2D eigenvalue weighted by molar-refractivity contribution is 0.171. The minimum absolute atomic E-state index is 0.150. The van der Waals surface area contributed by atoms with Gasteiger partial charge in [-0.3, -0.25) is 4.72 Å². The van der Waals surface area contributed by atoms with Crippen LogP contribution in [-0.4, -0.2) is 59.3 Å². The van der Waals surface area contributed by atoms with Gasteiger partial charge < -0.3 is 19.3 Å². The lowest BCUT2D eigenvalue weighted by Gasteiger charge is -2.35. The average Bonchev–Trinajstić information content (AvgIpc) is 2.74. The maximum absolute atomic E-state index is 12.7. The van der Waals surface area contributed by atoms with Gasteiger partial charge in [0.1, 0.15) is 13.2 Å². The van der Waals surface area contributed by atoms with Crippen molar-refractivity contribution in [3.8, 4) is 11.5 Å². The number of hydrogen-bond donors (Lipinski definition) is 1. The fourth-order valence-corrected chi connectivity index (χ4v) is 4.54.